The summed E-state index contributed by atoms with van der Waals surface area (Å²) in [6.07, 6.45) is 0.911. The van der Waals surface area contributed by atoms with Gasteiger partial charge in [0.25, 0.3) is 0 Å². The van der Waals surface area contributed by atoms with Crippen molar-refractivity contribution in [2.75, 3.05) is 0 Å². The molecule has 0 bridgehead atoms. The van der Waals surface area contributed by atoms with Crippen molar-refractivity contribution in [1.82, 2.24) is 5.06 Å². The van der Waals surface area contributed by atoms with E-state index in [0.29, 0.717) is 9.42 Å². The van der Waals surface area contributed by atoms with Gasteiger partial charge in [0.05, 0.1) is 11.8 Å². The second kappa shape index (κ2) is 3.91. The molecule has 2 unspecified atom stereocenters. The number of nitrogens with zero attached hydrogens (tertiary/aromatic N) is 2. The van der Waals surface area contributed by atoms with Gasteiger partial charge in [-0.3, -0.25) is 5.21 Å². The van der Waals surface area contributed by atoms with E-state index >= 15 is 0 Å². The van der Waals surface area contributed by atoms with E-state index in [-0.39, 0.29) is 0 Å². The molecule has 0 spiro atoms. The highest BCUT2D eigenvalue weighted by molar-refractivity contribution is 14.1. The van der Waals surface area contributed by atoms with E-state index in [9.17, 15) is 5.21 Å². The molecule has 0 saturated heterocycles. The van der Waals surface area contributed by atoms with Gasteiger partial charge in [0.1, 0.15) is 3.70 Å². The van der Waals surface area contributed by atoms with Gasteiger partial charge >= 0.3 is 0 Å². The van der Waals surface area contributed by atoms with Gasteiger partial charge in [-0.15, -0.1) is 0 Å². The van der Waals surface area contributed by atoms with Crippen LogP contribution >= 0.6 is 34.2 Å². The molecule has 0 aromatic heterocycles. The standard InChI is InChI=1S/C6H8ClIN2O2/c1-3(11)4-2-5(8)10(12)6(7)9-4/h2-3,6,11-12H,1H3. The summed E-state index contributed by atoms with van der Waals surface area (Å²) in [5.41, 5.74) is -0.365. The normalized spacial score (nSPS) is 26.4. The minimum atomic E-state index is -0.841. The highest BCUT2D eigenvalue weighted by atomic mass is 127. The molecule has 1 aliphatic heterocycles. The van der Waals surface area contributed by atoms with Gasteiger partial charge < -0.3 is 5.11 Å². The van der Waals surface area contributed by atoms with Crippen molar-refractivity contribution in [3.63, 3.8) is 0 Å². The zero-order valence-corrected chi connectivity index (χ0v) is 9.19. The van der Waals surface area contributed by atoms with Crippen LogP contribution in [0.1, 0.15) is 6.92 Å². The minimum Gasteiger partial charge on any atom is -0.387 e. The SMILES string of the molecule is CC(O)C1=NC(Cl)N(O)C(I)=C1. The van der Waals surface area contributed by atoms with E-state index in [1.807, 2.05) is 22.6 Å². The van der Waals surface area contributed by atoms with E-state index in [1.165, 1.54) is 0 Å². The molecule has 2 atom stereocenters. The molecule has 0 aromatic rings. The molecule has 1 aliphatic rings. The maximum Gasteiger partial charge on any atom is 0.221 e. The first kappa shape index (κ1) is 10.2. The number of aliphatic hydroxyl groups excluding tert-OH is 1. The van der Waals surface area contributed by atoms with Crippen LogP contribution in [0.25, 0.3) is 0 Å². The Morgan fingerprint density at radius 1 is 1.83 bits per heavy atom. The number of hydroxylamine groups is 2. The summed E-state index contributed by atoms with van der Waals surface area (Å²) in [5.74, 6) is 0. The molecule has 1 heterocycles. The number of aliphatic imine (C=N–C) groups is 1. The van der Waals surface area contributed by atoms with Gasteiger partial charge in [-0.2, -0.15) is 0 Å². The van der Waals surface area contributed by atoms with Crippen LogP contribution < -0.4 is 0 Å². The van der Waals surface area contributed by atoms with Crippen molar-refractivity contribution in [3.05, 3.63) is 9.78 Å². The largest absolute Gasteiger partial charge is 0.387 e. The summed E-state index contributed by atoms with van der Waals surface area (Å²) < 4.78 is 0.540. The van der Waals surface area contributed by atoms with Crippen molar-refractivity contribution < 1.29 is 10.3 Å². The summed E-state index contributed by atoms with van der Waals surface area (Å²) in [5, 5.41) is 19.2. The summed E-state index contributed by atoms with van der Waals surface area (Å²) in [6, 6.07) is 0. The number of aliphatic hydroxyl groups is 1. The molecule has 68 valence electrons. The van der Waals surface area contributed by atoms with E-state index in [4.69, 9.17) is 16.7 Å². The maximum atomic E-state index is 9.18. The van der Waals surface area contributed by atoms with Gasteiger partial charge in [-0.1, -0.05) is 11.6 Å². The highest BCUT2D eigenvalue weighted by Gasteiger charge is 2.21. The molecule has 4 nitrogen and oxygen atoms in total. The predicted molar refractivity (Wildman–Crippen MR) is 54.5 cm³/mol. The molecule has 0 aliphatic carbocycles. The Kier molecular flexibility index (Phi) is 3.33. The van der Waals surface area contributed by atoms with Crippen molar-refractivity contribution in [3.8, 4) is 0 Å². The maximum absolute atomic E-state index is 9.18. The van der Waals surface area contributed by atoms with Crippen LogP contribution in [-0.4, -0.2) is 32.8 Å². The van der Waals surface area contributed by atoms with Crippen LogP contribution in [0.5, 0.6) is 0 Å². The quantitative estimate of drug-likeness (QED) is 0.436. The monoisotopic (exact) mass is 302 g/mol. The number of hydrogen-bond acceptors (Lipinski definition) is 4. The fourth-order valence-electron chi connectivity index (χ4n) is 0.733. The Bertz CT molecular complexity index is 242. The van der Waals surface area contributed by atoms with Crippen LogP contribution in [0.3, 0.4) is 0 Å². The highest BCUT2D eigenvalue weighted by Crippen LogP contribution is 2.22. The molecular formula is C6H8ClIN2O2. The summed E-state index contributed by atoms with van der Waals surface area (Å²) in [4.78, 5) is 3.84. The third-order valence-corrected chi connectivity index (χ3v) is 2.46. The van der Waals surface area contributed by atoms with Crippen molar-refractivity contribution in [2.24, 2.45) is 4.99 Å². The lowest BCUT2D eigenvalue weighted by atomic mass is 10.2. The van der Waals surface area contributed by atoms with Crippen molar-refractivity contribution in [2.45, 2.75) is 18.7 Å². The zero-order valence-electron chi connectivity index (χ0n) is 6.28. The fourth-order valence-corrected chi connectivity index (χ4v) is 1.70. The third kappa shape index (κ3) is 2.09. The first-order valence-corrected chi connectivity index (χ1v) is 4.79. The number of alkyl halides is 1. The molecule has 2 N–H and O–H groups in total. The number of halogens is 2. The lowest BCUT2D eigenvalue weighted by Gasteiger charge is -2.24. The smallest absolute Gasteiger partial charge is 0.221 e. The zero-order chi connectivity index (χ0) is 9.30. The Balaban J connectivity index is 2.87. The molecule has 0 aromatic carbocycles. The van der Waals surface area contributed by atoms with Crippen LogP contribution in [0.15, 0.2) is 14.8 Å². The van der Waals surface area contributed by atoms with Crippen LogP contribution in [0.4, 0.5) is 0 Å². The first-order valence-electron chi connectivity index (χ1n) is 3.27. The van der Waals surface area contributed by atoms with E-state index in [0.717, 1.165) is 5.06 Å². The molecule has 0 radical (unpaired) electrons. The van der Waals surface area contributed by atoms with E-state index in [1.54, 1.807) is 13.0 Å². The fraction of sp³-hybridized carbons (Fsp3) is 0.500. The molecular weight excluding hydrogens is 294 g/mol. The average Bonchev–Trinajstić information content (AvgIpc) is 1.99. The predicted octanol–water partition coefficient (Wildman–Crippen LogP) is 1.31. The summed E-state index contributed by atoms with van der Waals surface area (Å²) in [6.45, 7) is 1.59. The van der Waals surface area contributed by atoms with Crippen LogP contribution in [0, 0.1) is 0 Å². The summed E-state index contributed by atoms with van der Waals surface area (Å²) >= 11 is 7.54. The Hall–Kier alpha value is 0.150. The Morgan fingerprint density at radius 2 is 2.42 bits per heavy atom. The van der Waals surface area contributed by atoms with E-state index in [2.05, 4.69) is 4.99 Å². The second-order valence-electron chi connectivity index (χ2n) is 2.35. The molecule has 0 amide bonds. The van der Waals surface area contributed by atoms with E-state index < -0.39 is 11.7 Å². The minimum absolute atomic E-state index is 0.477. The number of hydrogen-bond donors (Lipinski definition) is 2. The van der Waals surface area contributed by atoms with Gasteiger partial charge in [0, 0.05) is 0 Å². The summed E-state index contributed by atoms with van der Waals surface area (Å²) in [7, 11) is 0. The van der Waals surface area contributed by atoms with Gasteiger partial charge in [-0.05, 0) is 35.6 Å². The van der Waals surface area contributed by atoms with Gasteiger partial charge in [-0.25, -0.2) is 10.1 Å². The average molecular weight is 302 g/mol. The molecule has 0 saturated carbocycles. The topological polar surface area (TPSA) is 56.1 Å². The number of rotatable bonds is 1. The van der Waals surface area contributed by atoms with Crippen LogP contribution in [-0.2, 0) is 0 Å². The van der Waals surface area contributed by atoms with Gasteiger partial charge in [0.15, 0.2) is 0 Å². The molecule has 12 heavy (non-hydrogen) atoms. The Labute approximate surface area is 88.6 Å². The molecule has 1 rings (SSSR count). The lowest BCUT2D eigenvalue weighted by molar-refractivity contribution is -0.0554. The van der Waals surface area contributed by atoms with Crippen molar-refractivity contribution in [1.29, 1.82) is 0 Å². The van der Waals surface area contributed by atoms with Gasteiger partial charge in [0.2, 0.25) is 5.62 Å². The molecule has 0 fully saturated rings. The third-order valence-electron chi connectivity index (χ3n) is 1.37. The molecule has 6 heteroatoms. The van der Waals surface area contributed by atoms with Crippen molar-refractivity contribution >= 4 is 39.9 Å². The van der Waals surface area contributed by atoms with Crippen LogP contribution in [0.2, 0.25) is 0 Å². The lowest BCUT2D eigenvalue weighted by Crippen LogP contribution is -2.31. The Morgan fingerprint density at radius 3 is 2.83 bits per heavy atom. The second-order valence-corrected chi connectivity index (χ2v) is 3.85. The first-order chi connectivity index (χ1) is 5.52.